The number of halogens is 3. The highest BCUT2D eigenvalue weighted by molar-refractivity contribution is 5.99. The molecule has 0 saturated heterocycles. The van der Waals surface area contributed by atoms with E-state index in [1.165, 1.54) is 0 Å². The molecule has 2 N–H and O–H groups in total. The van der Waals surface area contributed by atoms with Crippen molar-refractivity contribution in [1.82, 2.24) is 24.8 Å². The standard InChI is InChI=1S/C19H22F3N5O/c1-11(28)18-26-15-9-24-14-3-2-8-23-16(14)17(15)27(18)13-6-4-12(5-7-13)25-10-19(20,21)22/h2-3,8-9,11-13,25,28H,4-7,10H2,1H3/t11-,12?,13?/m1/s1. The first kappa shape index (κ1) is 19.1. The van der Waals surface area contributed by atoms with E-state index < -0.39 is 18.8 Å². The molecule has 3 aromatic rings. The third-order valence-electron chi connectivity index (χ3n) is 5.33. The number of imidazole rings is 1. The van der Waals surface area contributed by atoms with Crippen LogP contribution in [0.15, 0.2) is 24.5 Å². The van der Waals surface area contributed by atoms with E-state index in [0.29, 0.717) is 37.0 Å². The first-order chi connectivity index (χ1) is 13.3. The Morgan fingerprint density at radius 3 is 2.64 bits per heavy atom. The number of alkyl halides is 3. The smallest absolute Gasteiger partial charge is 0.385 e. The number of nitrogens with zero attached hydrogens (tertiary/aromatic N) is 4. The van der Waals surface area contributed by atoms with E-state index in [1.54, 1.807) is 19.3 Å². The summed E-state index contributed by atoms with van der Waals surface area (Å²) in [6.07, 6.45) is 1.08. The second-order valence-electron chi connectivity index (χ2n) is 7.38. The lowest BCUT2D eigenvalue weighted by Gasteiger charge is -2.32. The second-order valence-corrected chi connectivity index (χ2v) is 7.38. The van der Waals surface area contributed by atoms with Crippen molar-refractivity contribution < 1.29 is 18.3 Å². The van der Waals surface area contributed by atoms with Crippen LogP contribution in [0, 0.1) is 0 Å². The quantitative estimate of drug-likeness (QED) is 0.707. The lowest BCUT2D eigenvalue weighted by atomic mass is 9.90. The van der Waals surface area contributed by atoms with Gasteiger partial charge >= 0.3 is 6.18 Å². The maximum Gasteiger partial charge on any atom is 0.401 e. The normalized spacial score (nSPS) is 22.0. The highest BCUT2D eigenvalue weighted by Gasteiger charge is 2.31. The van der Waals surface area contributed by atoms with E-state index in [4.69, 9.17) is 0 Å². The molecule has 0 amide bonds. The van der Waals surface area contributed by atoms with Gasteiger partial charge in [0.05, 0.1) is 23.8 Å². The lowest BCUT2D eigenvalue weighted by molar-refractivity contribution is -0.126. The Balaban J connectivity index is 1.66. The molecule has 0 radical (unpaired) electrons. The van der Waals surface area contributed by atoms with E-state index in [0.717, 1.165) is 16.6 Å². The summed E-state index contributed by atoms with van der Waals surface area (Å²) in [7, 11) is 0. The molecule has 0 aromatic carbocycles. The van der Waals surface area contributed by atoms with Gasteiger partial charge in [-0.05, 0) is 44.7 Å². The number of aromatic nitrogens is 4. The van der Waals surface area contributed by atoms with Gasteiger partial charge in [0.1, 0.15) is 23.0 Å². The zero-order chi connectivity index (χ0) is 19.9. The lowest BCUT2D eigenvalue weighted by Crippen LogP contribution is -2.39. The molecule has 9 heteroatoms. The molecule has 6 nitrogen and oxygen atoms in total. The van der Waals surface area contributed by atoms with E-state index in [-0.39, 0.29) is 12.1 Å². The summed E-state index contributed by atoms with van der Waals surface area (Å²) in [6.45, 7) is 0.701. The highest BCUT2D eigenvalue weighted by Crippen LogP contribution is 2.36. The Morgan fingerprint density at radius 1 is 1.21 bits per heavy atom. The molecule has 150 valence electrons. The van der Waals surface area contributed by atoms with E-state index in [9.17, 15) is 18.3 Å². The molecule has 1 fully saturated rings. The maximum atomic E-state index is 12.5. The summed E-state index contributed by atoms with van der Waals surface area (Å²) >= 11 is 0. The third-order valence-corrected chi connectivity index (χ3v) is 5.33. The van der Waals surface area contributed by atoms with Crippen molar-refractivity contribution in [1.29, 1.82) is 0 Å². The molecule has 4 rings (SSSR count). The molecule has 1 atom stereocenters. The zero-order valence-corrected chi connectivity index (χ0v) is 15.4. The Bertz CT molecular complexity index is 977. The van der Waals surface area contributed by atoms with Crippen LogP contribution in [0.5, 0.6) is 0 Å². The fraction of sp³-hybridized carbons (Fsp3) is 0.526. The number of nitrogens with one attached hydrogen (secondary N) is 1. The van der Waals surface area contributed by atoms with Crippen LogP contribution in [0.25, 0.3) is 22.1 Å². The van der Waals surface area contributed by atoms with Crippen molar-refractivity contribution in [3.8, 4) is 0 Å². The minimum Gasteiger partial charge on any atom is -0.385 e. The van der Waals surface area contributed by atoms with Gasteiger partial charge in [-0.25, -0.2) is 4.98 Å². The number of hydrogen-bond acceptors (Lipinski definition) is 5. The van der Waals surface area contributed by atoms with Gasteiger partial charge < -0.3 is 15.0 Å². The van der Waals surface area contributed by atoms with Crippen molar-refractivity contribution in [2.45, 2.75) is 57.0 Å². The Hall–Kier alpha value is -2.26. The van der Waals surface area contributed by atoms with Gasteiger partial charge in [-0.3, -0.25) is 9.97 Å². The number of fused-ring (bicyclic) bond motifs is 3. The average molecular weight is 393 g/mol. The van der Waals surface area contributed by atoms with Gasteiger partial charge in [-0.15, -0.1) is 0 Å². The Morgan fingerprint density at radius 2 is 1.96 bits per heavy atom. The molecule has 1 aliphatic rings. The third kappa shape index (κ3) is 3.68. The van der Waals surface area contributed by atoms with Gasteiger partial charge in [-0.2, -0.15) is 13.2 Å². The van der Waals surface area contributed by atoms with E-state index >= 15 is 0 Å². The van der Waals surface area contributed by atoms with Gasteiger partial charge in [0.15, 0.2) is 0 Å². The predicted octanol–water partition coefficient (Wildman–Crippen LogP) is 3.67. The molecular formula is C19H22F3N5O. The molecule has 3 aromatic heterocycles. The largest absolute Gasteiger partial charge is 0.401 e. The van der Waals surface area contributed by atoms with Gasteiger partial charge in [0, 0.05) is 18.3 Å². The number of pyridine rings is 2. The van der Waals surface area contributed by atoms with Gasteiger partial charge in [0.25, 0.3) is 0 Å². The Kier molecular flexibility index (Phi) is 4.96. The summed E-state index contributed by atoms with van der Waals surface area (Å²) in [6, 6.07) is 3.58. The van der Waals surface area contributed by atoms with Crippen LogP contribution >= 0.6 is 0 Å². The molecule has 0 aliphatic heterocycles. The minimum atomic E-state index is -4.20. The summed E-state index contributed by atoms with van der Waals surface area (Å²) < 4.78 is 39.4. The number of hydrogen-bond donors (Lipinski definition) is 2. The van der Waals surface area contributed by atoms with Gasteiger partial charge in [0.2, 0.25) is 0 Å². The molecule has 0 spiro atoms. The van der Waals surface area contributed by atoms with Crippen LogP contribution in [0.1, 0.15) is 50.6 Å². The van der Waals surface area contributed by atoms with Crippen LogP contribution in [0.3, 0.4) is 0 Å². The van der Waals surface area contributed by atoms with Crippen molar-refractivity contribution in [2.24, 2.45) is 0 Å². The molecule has 1 aliphatic carbocycles. The van der Waals surface area contributed by atoms with E-state index in [1.807, 2.05) is 16.7 Å². The minimum absolute atomic E-state index is 0.0474. The van der Waals surface area contributed by atoms with Crippen molar-refractivity contribution in [2.75, 3.05) is 6.54 Å². The topological polar surface area (TPSA) is 75.9 Å². The van der Waals surface area contributed by atoms with Crippen LogP contribution in [0.4, 0.5) is 13.2 Å². The summed E-state index contributed by atoms with van der Waals surface area (Å²) in [5.41, 5.74) is 2.96. The molecule has 1 saturated carbocycles. The van der Waals surface area contributed by atoms with Crippen LogP contribution in [-0.4, -0.2) is 43.4 Å². The highest BCUT2D eigenvalue weighted by atomic mass is 19.4. The van der Waals surface area contributed by atoms with Crippen LogP contribution in [0.2, 0.25) is 0 Å². The van der Waals surface area contributed by atoms with Crippen molar-refractivity contribution in [3.63, 3.8) is 0 Å². The SMILES string of the molecule is C[C@@H](O)c1nc2cnc3cccnc3c2n1C1CCC(NCC(F)(F)F)CC1. The second kappa shape index (κ2) is 7.29. The zero-order valence-electron chi connectivity index (χ0n) is 15.4. The van der Waals surface area contributed by atoms with Crippen LogP contribution < -0.4 is 5.32 Å². The summed E-state index contributed by atoms with van der Waals surface area (Å²) in [5.74, 6) is 0.543. The molecule has 28 heavy (non-hydrogen) atoms. The molecule has 0 unspecified atom stereocenters. The molecular weight excluding hydrogens is 371 g/mol. The van der Waals surface area contributed by atoms with Crippen molar-refractivity contribution in [3.05, 3.63) is 30.4 Å². The monoisotopic (exact) mass is 393 g/mol. The first-order valence-electron chi connectivity index (χ1n) is 9.43. The average Bonchev–Trinajstić information content (AvgIpc) is 3.07. The summed E-state index contributed by atoms with van der Waals surface area (Å²) in [5, 5.41) is 12.9. The fourth-order valence-electron chi connectivity index (χ4n) is 4.07. The molecule has 3 heterocycles. The predicted molar refractivity (Wildman–Crippen MR) is 98.8 cm³/mol. The Labute approximate surface area is 159 Å². The number of aliphatic hydroxyl groups is 1. The number of aliphatic hydroxyl groups excluding tert-OH is 1. The summed E-state index contributed by atoms with van der Waals surface area (Å²) in [4.78, 5) is 13.4. The fourth-order valence-corrected chi connectivity index (χ4v) is 4.07. The van der Waals surface area contributed by atoms with Gasteiger partial charge in [-0.1, -0.05) is 0 Å². The van der Waals surface area contributed by atoms with Crippen LogP contribution in [-0.2, 0) is 0 Å². The molecule has 0 bridgehead atoms. The number of rotatable bonds is 4. The van der Waals surface area contributed by atoms with Crippen molar-refractivity contribution >= 4 is 22.1 Å². The first-order valence-corrected chi connectivity index (χ1v) is 9.43. The van der Waals surface area contributed by atoms with E-state index in [2.05, 4.69) is 20.3 Å². The maximum absolute atomic E-state index is 12.5.